The fraction of sp³-hybridized carbons (Fsp3) is 0.375. The maximum Gasteiger partial charge on any atom is 0.348 e. The summed E-state index contributed by atoms with van der Waals surface area (Å²) in [5.41, 5.74) is 4.83. The van der Waals surface area contributed by atoms with Crippen molar-refractivity contribution in [2.45, 2.75) is 30.6 Å². The maximum atomic E-state index is 13.6. The molecule has 3 aliphatic rings. The summed E-state index contributed by atoms with van der Waals surface area (Å²) in [6.07, 6.45) is 3.79. The van der Waals surface area contributed by atoms with E-state index in [0.717, 1.165) is 12.8 Å². The van der Waals surface area contributed by atoms with Gasteiger partial charge in [-0.1, -0.05) is 30.3 Å². The third kappa shape index (κ3) is 3.77. The Kier molecular flexibility index (Phi) is 5.88. The van der Waals surface area contributed by atoms with Crippen LogP contribution in [0.1, 0.15) is 35.8 Å². The molecule has 3 fully saturated rings. The van der Waals surface area contributed by atoms with Crippen LogP contribution in [0, 0.1) is 5.92 Å². The van der Waals surface area contributed by atoms with Gasteiger partial charge in [-0.25, -0.2) is 19.7 Å². The molecule has 6 rings (SSSR count). The van der Waals surface area contributed by atoms with Crippen LogP contribution in [0.2, 0.25) is 0 Å². The first-order valence-electron chi connectivity index (χ1n) is 11.2. The number of ether oxygens (including phenoxy) is 1. The molecule has 3 saturated heterocycles. The zero-order valence-electron chi connectivity index (χ0n) is 18.5. The van der Waals surface area contributed by atoms with E-state index in [0.29, 0.717) is 41.1 Å². The number of nitrogens with two attached hydrogens (primary N) is 1. The Morgan fingerprint density at radius 3 is 2.44 bits per heavy atom. The van der Waals surface area contributed by atoms with Gasteiger partial charge >= 0.3 is 5.97 Å². The fourth-order valence-electron chi connectivity index (χ4n) is 5.47. The van der Waals surface area contributed by atoms with Crippen molar-refractivity contribution in [3.05, 3.63) is 76.8 Å². The van der Waals surface area contributed by atoms with Crippen molar-refractivity contribution in [2.24, 2.45) is 11.7 Å². The molecule has 0 radical (unpaired) electrons. The summed E-state index contributed by atoms with van der Waals surface area (Å²) in [6, 6.07) is 9.79. The minimum Gasteiger partial charge on any atom is -0.453 e. The number of piperidine rings is 3. The lowest BCUT2D eigenvalue weighted by Crippen LogP contribution is -2.67. The van der Waals surface area contributed by atoms with E-state index in [9.17, 15) is 14.7 Å². The molecule has 0 aliphatic carbocycles. The van der Waals surface area contributed by atoms with E-state index in [-0.39, 0.29) is 5.92 Å². The second-order valence-electron chi connectivity index (χ2n) is 9.02. The predicted octanol–water partition coefficient (Wildman–Crippen LogP) is 1.55. The molecule has 3 aliphatic heterocycles. The molecule has 9 nitrogen and oxygen atoms in total. The Labute approximate surface area is 200 Å². The van der Waals surface area contributed by atoms with Gasteiger partial charge in [0.25, 0.3) is 5.91 Å². The van der Waals surface area contributed by atoms with Crippen molar-refractivity contribution in [2.75, 3.05) is 19.6 Å². The summed E-state index contributed by atoms with van der Waals surface area (Å²) in [5, 5.41) is 15.2. The number of hydrogen-bond acceptors (Lipinski definition) is 8. The molecular weight excluding hydrogens is 454 g/mol. The fourth-order valence-corrected chi connectivity index (χ4v) is 6.17. The largest absolute Gasteiger partial charge is 0.453 e. The van der Waals surface area contributed by atoms with Gasteiger partial charge in [0.05, 0.1) is 13.1 Å². The molecular formula is C24H26N5O4S+. The Balaban J connectivity index is 1.45. The Morgan fingerprint density at radius 1 is 1.12 bits per heavy atom. The predicted molar refractivity (Wildman–Crippen MR) is 123 cm³/mol. The van der Waals surface area contributed by atoms with Crippen LogP contribution in [0.25, 0.3) is 0 Å². The highest BCUT2D eigenvalue weighted by atomic mass is 32.1. The molecule has 2 aromatic heterocycles. The van der Waals surface area contributed by atoms with Crippen LogP contribution >= 0.6 is 11.3 Å². The number of fused-ring (bicyclic) bond motifs is 3. The number of carbonyl (C=O) groups is 2. The highest BCUT2D eigenvalue weighted by molar-refractivity contribution is 7.08. The number of carbonyl (C=O) groups excluding carboxylic acids is 2. The number of aromatic nitrogens is 3. The Hall–Kier alpha value is -3.21. The van der Waals surface area contributed by atoms with Crippen molar-refractivity contribution in [3.8, 4) is 0 Å². The molecule has 10 heteroatoms. The summed E-state index contributed by atoms with van der Waals surface area (Å²) in [6.45, 7) is 1.83. The lowest BCUT2D eigenvalue weighted by molar-refractivity contribution is -0.965. The highest BCUT2D eigenvalue weighted by Gasteiger charge is 2.55. The van der Waals surface area contributed by atoms with Crippen LogP contribution in [0.3, 0.4) is 0 Å². The standard InChI is InChI=1S/C24H25N5O4S/c25-21(30)20(22-27-14-26-15-28-22)29-9-6-16(7-10-29)19(12-29)33-23(31)24(32,18-8-11-34-13-18)17-4-2-1-3-5-17/h1-5,8,11,13-16,19-20,32H,6-7,9-10,12H2,(H-,25,30)/p+1/t16?,19-,20?,24?,29?/m0/s1. The number of thiophene rings is 1. The van der Waals surface area contributed by atoms with Crippen molar-refractivity contribution < 1.29 is 23.9 Å². The monoisotopic (exact) mass is 480 g/mol. The second kappa shape index (κ2) is 8.86. The van der Waals surface area contributed by atoms with Gasteiger partial charge in [0.1, 0.15) is 19.2 Å². The molecule has 2 bridgehead atoms. The van der Waals surface area contributed by atoms with E-state index in [4.69, 9.17) is 10.5 Å². The van der Waals surface area contributed by atoms with Gasteiger partial charge in [-0.3, -0.25) is 4.79 Å². The first kappa shape index (κ1) is 22.6. The summed E-state index contributed by atoms with van der Waals surface area (Å²) >= 11 is 1.40. The first-order chi connectivity index (χ1) is 16.4. The van der Waals surface area contributed by atoms with Gasteiger partial charge in [0.2, 0.25) is 11.6 Å². The Bertz CT molecular complexity index is 1150. The van der Waals surface area contributed by atoms with E-state index < -0.39 is 29.6 Å². The number of benzene rings is 1. The van der Waals surface area contributed by atoms with Crippen molar-refractivity contribution in [3.63, 3.8) is 0 Å². The van der Waals surface area contributed by atoms with Crippen LogP contribution in [-0.2, 0) is 19.9 Å². The van der Waals surface area contributed by atoms with Crippen LogP contribution in [0.15, 0.2) is 59.8 Å². The van der Waals surface area contributed by atoms with E-state index >= 15 is 0 Å². The highest BCUT2D eigenvalue weighted by Crippen LogP contribution is 2.43. The molecule has 3 N–H and O–H groups in total. The van der Waals surface area contributed by atoms with E-state index in [1.165, 1.54) is 24.0 Å². The molecule has 34 heavy (non-hydrogen) atoms. The number of hydrogen-bond donors (Lipinski definition) is 2. The van der Waals surface area contributed by atoms with Gasteiger partial charge in [-0.2, -0.15) is 11.3 Å². The molecule has 5 heterocycles. The third-order valence-corrected chi connectivity index (χ3v) is 7.90. The van der Waals surface area contributed by atoms with Gasteiger partial charge in [-0.05, 0) is 22.4 Å². The summed E-state index contributed by atoms with van der Waals surface area (Å²) in [5.74, 6) is -0.759. The van der Waals surface area contributed by atoms with Gasteiger partial charge in [0.15, 0.2) is 11.9 Å². The zero-order chi connectivity index (χ0) is 23.8. The van der Waals surface area contributed by atoms with E-state index in [1.54, 1.807) is 35.7 Å². The molecule has 3 aromatic rings. The molecule has 176 valence electrons. The first-order valence-corrected chi connectivity index (χ1v) is 12.2. The molecule has 1 aromatic carbocycles. The summed E-state index contributed by atoms with van der Waals surface area (Å²) < 4.78 is 6.38. The SMILES string of the molecule is NC(=O)C(c1ncncn1)[N+]12CCC(CC1)[C@@H](OC(=O)C(O)(c1ccccc1)c1ccsc1)C2. The third-order valence-electron chi connectivity index (χ3n) is 7.22. The lowest BCUT2D eigenvalue weighted by Gasteiger charge is -2.54. The molecule has 2 unspecified atom stereocenters. The second-order valence-corrected chi connectivity index (χ2v) is 9.80. The number of rotatable bonds is 7. The van der Waals surface area contributed by atoms with Crippen molar-refractivity contribution in [1.29, 1.82) is 0 Å². The number of primary amides is 1. The summed E-state index contributed by atoms with van der Waals surface area (Å²) in [4.78, 5) is 38.4. The molecule has 0 spiro atoms. The maximum absolute atomic E-state index is 13.6. The minimum absolute atomic E-state index is 0.151. The number of quaternary nitrogens is 1. The van der Waals surface area contributed by atoms with Gasteiger partial charge in [-0.15, -0.1) is 0 Å². The van der Waals surface area contributed by atoms with E-state index in [1.807, 2.05) is 11.4 Å². The topological polar surface area (TPSA) is 128 Å². The van der Waals surface area contributed by atoms with Gasteiger partial charge in [0, 0.05) is 24.3 Å². The smallest absolute Gasteiger partial charge is 0.348 e. The van der Waals surface area contributed by atoms with Crippen molar-refractivity contribution in [1.82, 2.24) is 15.0 Å². The van der Waals surface area contributed by atoms with Crippen LogP contribution in [-0.4, -0.2) is 62.2 Å². The molecule has 1 amide bonds. The average Bonchev–Trinajstić information content (AvgIpc) is 3.41. The minimum atomic E-state index is -1.92. The number of nitrogens with zero attached hydrogens (tertiary/aromatic N) is 4. The van der Waals surface area contributed by atoms with E-state index in [2.05, 4.69) is 15.0 Å². The quantitative estimate of drug-likeness (QED) is 0.388. The lowest BCUT2D eigenvalue weighted by atomic mass is 9.81. The number of amides is 1. The average molecular weight is 481 g/mol. The summed E-state index contributed by atoms with van der Waals surface area (Å²) in [7, 11) is 0. The number of esters is 1. The van der Waals surface area contributed by atoms with Gasteiger partial charge < -0.3 is 20.1 Å². The van der Waals surface area contributed by atoms with Crippen LogP contribution in [0.5, 0.6) is 0 Å². The normalized spacial score (nSPS) is 26.4. The zero-order valence-corrected chi connectivity index (χ0v) is 19.3. The molecule has 3 atom stereocenters. The van der Waals surface area contributed by atoms with Crippen LogP contribution < -0.4 is 5.73 Å². The Morgan fingerprint density at radius 2 is 1.82 bits per heavy atom. The van der Waals surface area contributed by atoms with Crippen molar-refractivity contribution >= 4 is 23.2 Å². The molecule has 0 saturated carbocycles. The number of aliphatic hydroxyl groups is 1. The van der Waals surface area contributed by atoms with Crippen LogP contribution in [0.4, 0.5) is 0 Å².